The molecule has 0 radical (unpaired) electrons. The summed E-state index contributed by atoms with van der Waals surface area (Å²) in [6, 6.07) is 6.50. The van der Waals surface area contributed by atoms with Gasteiger partial charge in [-0.2, -0.15) is 10.1 Å². The highest BCUT2D eigenvalue weighted by molar-refractivity contribution is 5.39. The lowest BCUT2D eigenvalue weighted by Crippen LogP contribution is -2.18. The Bertz CT molecular complexity index is 852. The van der Waals surface area contributed by atoms with Gasteiger partial charge in [0.05, 0.1) is 25.0 Å². The van der Waals surface area contributed by atoms with Gasteiger partial charge in [-0.05, 0) is 22.9 Å². The lowest BCUT2D eigenvalue weighted by Gasteiger charge is -2.12. The largest absolute Gasteiger partial charge is 0.337 e. The average molecular weight is 327 g/mol. The minimum Gasteiger partial charge on any atom is -0.337 e. The van der Waals surface area contributed by atoms with Crippen molar-refractivity contribution in [3.8, 4) is 0 Å². The molecule has 1 aromatic carbocycles. The summed E-state index contributed by atoms with van der Waals surface area (Å²) in [6.45, 7) is 6.07. The second-order valence-corrected chi connectivity index (χ2v) is 6.34. The zero-order chi connectivity index (χ0) is 16.7. The van der Waals surface area contributed by atoms with Gasteiger partial charge in [-0.25, -0.2) is 4.39 Å². The van der Waals surface area contributed by atoms with Crippen LogP contribution in [-0.4, -0.2) is 19.9 Å². The fourth-order valence-corrected chi connectivity index (χ4v) is 2.84. The summed E-state index contributed by atoms with van der Waals surface area (Å²) >= 11 is 0. The van der Waals surface area contributed by atoms with Gasteiger partial charge in [-0.1, -0.05) is 26.0 Å². The molecule has 0 fully saturated rings. The second-order valence-electron chi connectivity index (χ2n) is 6.34. The average Bonchev–Trinajstić information content (AvgIpc) is 3.25. The minimum absolute atomic E-state index is 0.213. The Kier molecular flexibility index (Phi) is 3.55. The first-order chi connectivity index (χ1) is 11.6. The summed E-state index contributed by atoms with van der Waals surface area (Å²) in [5.74, 6) is 1.25. The lowest BCUT2D eigenvalue weighted by molar-refractivity contribution is 0.364. The van der Waals surface area contributed by atoms with Crippen LogP contribution < -0.4 is 4.90 Å². The van der Waals surface area contributed by atoms with Crippen LogP contribution in [0.3, 0.4) is 0 Å². The van der Waals surface area contributed by atoms with E-state index >= 15 is 0 Å². The topological polar surface area (TPSA) is 60.0 Å². The van der Waals surface area contributed by atoms with Gasteiger partial charge in [-0.3, -0.25) is 4.68 Å². The van der Waals surface area contributed by atoms with Gasteiger partial charge in [-0.15, -0.1) is 0 Å². The SMILES string of the molecule is CC(C)c1nc(N2Cc3cnn(Cc4ccc(F)cc4)c3C2)no1. The third-order valence-corrected chi connectivity index (χ3v) is 4.19. The van der Waals surface area contributed by atoms with Gasteiger partial charge in [0.15, 0.2) is 0 Å². The molecule has 124 valence electrons. The Labute approximate surface area is 138 Å². The van der Waals surface area contributed by atoms with Crippen LogP contribution in [0.15, 0.2) is 35.0 Å². The summed E-state index contributed by atoms with van der Waals surface area (Å²) in [7, 11) is 0. The van der Waals surface area contributed by atoms with Gasteiger partial charge >= 0.3 is 0 Å². The van der Waals surface area contributed by atoms with Crippen LogP contribution in [0.5, 0.6) is 0 Å². The Morgan fingerprint density at radius 1 is 1.21 bits per heavy atom. The molecule has 0 aliphatic carbocycles. The molecule has 0 atom stereocenters. The van der Waals surface area contributed by atoms with Crippen molar-refractivity contribution in [2.24, 2.45) is 0 Å². The van der Waals surface area contributed by atoms with Crippen molar-refractivity contribution < 1.29 is 8.91 Å². The first kappa shape index (κ1) is 14.9. The van der Waals surface area contributed by atoms with E-state index in [-0.39, 0.29) is 11.7 Å². The fraction of sp³-hybridized carbons (Fsp3) is 0.353. The van der Waals surface area contributed by atoms with Crippen molar-refractivity contribution in [3.05, 3.63) is 59.0 Å². The van der Waals surface area contributed by atoms with E-state index in [0.29, 0.717) is 24.9 Å². The number of benzene rings is 1. The monoisotopic (exact) mass is 327 g/mol. The van der Waals surface area contributed by atoms with Crippen molar-refractivity contribution in [1.29, 1.82) is 0 Å². The molecule has 1 aliphatic rings. The lowest BCUT2D eigenvalue weighted by atomic mass is 10.2. The first-order valence-corrected chi connectivity index (χ1v) is 7.96. The molecular formula is C17H18FN5O. The third kappa shape index (κ3) is 2.66. The molecule has 0 unspecified atom stereocenters. The van der Waals surface area contributed by atoms with E-state index in [1.807, 2.05) is 24.7 Å². The van der Waals surface area contributed by atoms with Crippen LogP contribution in [0.1, 0.15) is 42.5 Å². The van der Waals surface area contributed by atoms with Crippen LogP contribution in [0.25, 0.3) is 0 Å². The van der Waals surface area contributed by atoms with E-state index in [2.05, 4.69) is 20.1 Å². The van der Waals surface area contributed by atoms with Crippen molar-refractivity contribution >= 4 is 5.95 Å². The first-order valence-electron chi connectivity index (χ1n) is 7.96. The Hall–Kier alpha value is -2.70. The summed E-state index contributed by atoms with van der Waals surface area (Å²) in [6.07, 6.45) is 1.88. The van der Waals surface area contributed by atoms with Crippen molar-refractivity contribution in [2.75, 3.05) is 4.90 Å². The van der Waals surface area contributed by atoms with Crippen molar-refractivity contribution in [1.82, 2.24) is 19.9 Å². The Morgan fingerprint density at radius 2 is 2.00 bits per heavy atom. The van der Waals surface area contributed by atoms with E-state index < -0.39 is 0 Å². The molecule has 0 bridgehead atoms. The summed E-state index contributed by atoms with van der Waals surface area (Å²) in [5.41, 5.74) is 3.31. The zero-order valence-corrected chi connectivity index (χ0v) is 13.6. The Morgan fingerprint density at radius 3 is 2.71 bits per heavy atom. The van der Waals surface area contributed by atoms with Crippen molar-refractivity contribution in [2.45, 2.75) is 39.4 Å². The van der Waals surface area contributed by atoms with E-state index in [9.17, 15) is 4.39 Å². The maximum absolute atomic E-state index is 13.0. The van der Waals surface area contributed by atoms with Gasteiger partial charge in [0.25, 0.3) is 5.95 Å². The molecule has 4 rings (SSSR count). The molecule has 0 saturated heterocycles. The summed E-state index contributed by atoms with van der Waals surface area (Å²) < 4.78 is 20.3. The highest BCUT2D eigenvalue weighted by atomic mass is 19.1. The van der Waals surface area contributed by atoms with E-state index in [1.165, 1.54) is 12.1 Å². The van der Waals surface area contributed by atoms with Crippen LogP contribution in [0.2, 0.25) is 0 Å². The molecule has 2 aromatic heterocycles. The molecule has 3 aromatic rings. The molecule has 0 N–H and O–H groups in total. The highest BCUT2D eigenvalue weighted by Crippen LogP contribution is 2.27. The van der Waals surface area contributed by atoms with E-state index in [1.54, 1.807) is 12.1 Å². The third-order valence-electron chi connectivity index (χ3n) is 4.19. The number of hydrogen-bond donors (Lipinski definition) is 0. The number of fused-ring (bicyclic) bond motifs is 1. The van der Waals surface area contributed by atoms with Crippen LogP contribution in [0.4, 0.5) is 10.3 Å². The number of aromatic nitrogens is 4. The smallest absolute Gasteiger partial charge is 0.266 e. The minimum atomic E-state index is -0.228. The molecule has 7 heteroatoms. The van der Waals surface area contributed by atoms with Gasteiger partial charge in [0.2, 0.25) is 5.89 Å². The van der Waals surface area contributed by atoms with Crippen molar-refractivity contribution in [3.63, 3.8) is 0 Å². The standard InChI is InChI=1S/C17H18FN5O/c1-11(2)16-20-17(21-24-16)22-9-13-7-19-23(15(13)10-22)8-12-3-5-14(18)6-4-12/h3-7,11H,8-10H2,1-2H3. The van der Waals surface area contributed by atoms with Crippen LogP contribution >= 0.6 is 0 Å². The maximum atomic E-state index is 13.0. The number of halogens is 1. The second kappa shape index (κ2) is 5.74. The molecule has 1 aliphatic heterocycles. The number of nitrogens with zero attached hydrogens (tertiary/aromatic N) is 5. The highest BCUT2D eigenvalue weighted by Gasteiger charge is 2.27. The van der Waals surface area contributed by atoms with E-state index in [0.717, 1.165) is 23.4 Å². The summed E-state index contributed by atoms with van der Waals surface area (Å²) in [5, 5.41) is 8.52. The molecule has 0 spiro atoms. The van der Waals surface area contributed by atoms with Crippen LogP contribution in [0, 0.1) is 5.82 Å². The molecule has 0 saturated carbocycles. The number of anilines is 1. The molecule has 6 nitrogen and oxygen atoms in total. The quantitative estimate of drug-likeness (QED) is 0.737. The molecule has 3 heterocycles. The van der Waals surface area contributed by atoms with E-state index in [4.69, 9.17) is 4.52 Å². The van der Waals surface area contributed by atoms with Crippen LogP contribution in [-0.2, 0) is 19.6 Å². The normalized spacial score (nSPS) is 13.8. The number of rotatable bonds is 4. The van der Waals surface area contributed by atoms with Gasteiger partial charge in [0.1, 0.15) is 5.82 Å². The molecule has 0 amide bonds. The molecule has 24 heavy (non-hydrogen) atoms. The fourth-order valence-electron chi connectivity index (χ4n) is 2.84. The van der Waals surface area contributed by atoms with Gasteiger partial charge in [0, 0.05) is 18.0 Å². The zero-order valence-electron chi connectivity index (χ0n) is 13.6. The van der Waals surface area contributed by atoms with Gasteiger partial charge < -0.3 is 9.42 Å². The summed E-state index contributed by atoms with van der Waals surface area (Å²) in [4.78, 5) is 6.53. The molecular weight excluding hydrogens is 309 g/mol. The predicted molar refractivity (Wildman–Crippen MR) is 86.0 cm³/mol. The Balaban J connectivity index is 1.52. The maximum Gasteiger partial charge on any atom is 0.266 e. The predicted octanol–water partition coefficient (Wildman–Crippen LogP) is 3.10. The number of hydrogen-bond acceptors (Lipinski definition) is 5.